The lowest BCUT2D eigenvalue weighted by Gasteiger charge is -2.23. The number of hydrogen-bond donors (Lipinski definition) is 0. The molecule has 0 bridgehead atoms. The lowest BCUT2D eigenvalue weighted by atomic mass is 10.2. The highest BCUT2D eigenvalue weighted by Gasteiger charge is 2.33. The van der Waals surface area contributed by atoms with Gasteiger partial charge in [0.15, 0.2) is 0 Å². The van der Waals surface area contributed by atoms with Crippen molar-refractivity contribution in [3.05, 3.63) is 65.1 Å². The number of benzene rings is 1. The van der Waals surface area contributed by atoms with E-state index < -0.39 is 18.6 Å². The number of para-hydroxylation sites is 1. The van der Waals surface area contributed by atoms with E-state index in [-0.39, 0.29) is 30.8 Å². The molecule has 0 saturated heterocycles. The molecule has 0 aliphatic heterocycles. The lowest BCUT2D eigenvalue weighted by molar-refractivity contribution is -0.163. The molecule has 0 unspecified atom stereocenters. The van der Waals surface area contributed by atoms with Gasteiger partial charge in [-0.1, -0.05) is 12.1 Å². The number of aryl methyl sites for hydroxylation is 1. The maximum Gasteiger partial charge on any atom is 0.406 e. The second-order valence-corrected chi connectivity index (χ2v) is 5.95. The maximum absolute atomic E-state index is 12.8. The number of alkyl halides is 3. The van der Waals surface area contributed by atoms with Gasteiger partial charge >= 0.3 is 6.18 Å². The molecular formula is C18H16F3N3O3. The summed E-state index contributed by atoms with van der Waals surface area (Å²) in [4.78, 5) is 29.5. The third-order valence-electron chi connectivity index (χ3n) is 3.95. The Balaban J connectivity index is 1.73. The van der Waals surface area contributed by atoms with Crippen molar-refractivity contribution in [3.63, 3.8) is 0 Å². The smallest absolute Gasteiger partial charge is 0.406 e. The molecule has 0 saturated carbocycles. The molecule has 27 heavy (non-hydrogen) atoms. The van der Waals surface area contributed by atoms with Crippen LogP contribution in [0.1, 0.15) is 12.2 Å². The van der Waals surface area contributed by atoms with E-state index in [4.69, 9.17) is 4.42 Å². The molecule has 0 fully saturated rings. The van der Waals surface area contributed by atoms with Crippen molar-refractivity contribution in [3.8, 4) is 0 Å². The number of amides is 1. The Morgan fingerprint density at radius 3 is 2.67 bits per heavy atom. The van der Waals surface area contributed by atoms with E-state index in [0.717, 1.165) is 0 Å². The van der Waals surface area contributed by atoms with Crippen LogP contribution in [0.5, 0.6) is 0 Å². The van der Waals surface area contributed by atoms with E-state index >= 15 is 0 Å². The van der Waals surface area contributed by atoms with Crippen LogP contribution in [0.15, 0.2) is 58.2 Å². The van der Waals surface area contributed by atoms with Gasteiger partial charge in [0.1, 0.15) is 12.3 Å². The van der Waals surface area contributed by atoms with E-state index in [0.29, 0.717) is 15.8 Å². The first-order chi connectivity index (χ1) is 12.8. The molecule has 2 heterocycles. The van der Waals surface area contributed by atoms with Gasteiger partial charge in [-0.3, -0.25) is 14.2 Å². The predicted molar refractivity (Wildman–Crippen MR) is 90.8 cm³/mol. The average Bonchev–Trinajstić information content (AvgIpc) is 3.12. The Bertz CT molecular complexity index is 981. The van der Waals surface area contributed by atoms with E-state index in [1.54, 1.807) is 24.3 Å². The van der Waals surface area contributed by atoms with E-state index in [1.807, 2.05) is 0 Å². The first-order valence-electron chi connectivity index (χ1n) is 8.14. The highest BCUT2D eigenvalue weighted by molar-refractivity contribution is 5.77. The number of nitrogens with zero attached hydrogens (tertiary/aromatic N) is 3. The van der Waals surface area contributed by atoms with Gasteiger partial charge in [0.05, 0.1) is 30.0 Å². The van der Waals surface area contributed by atoms with E-state index in [9.17, 15) is 22.8 Å². The third-order valence-corrected chi connectivity index (χ3v) is 3.95. The highest BCUT2D eigenvalue weighted by atomic mass is 19.4. The number of halogens is 3. The monoisotopic (exact) mass is 379 g/mol. The molecule has 2 aromatic heterocycles. The molecule has 1 amide bonds. The number of hydrogen-bond acceptors (Lipinski definition) is 4. The summed E-state index contributed by atoms with van der Waals surface area (Å²) in [6.07, 6.45) is -2.19. The van der Waals surface area contributed by atoms with Gasteiger partial charge in [0, 0.05) is 13.0 Å². The first-order valence-corrected chi connectivity index (χ1v) is 8.14. The average molecular weight is 379 g/mol. The van der Waals surface area contributed by atoms with Crippen molar-refractivity contribution in [2.24, 2.45) is 0 Å². The third kappa shape index (κ3) is 4.75. The molecule has 3 rings (SSSR count). The van der Waals surface area contributed by atoms with E-state index in [2.05, 4.69) is 4.98 Å². The summed E-state index contributed by atoms with van der Waals surface area (Å²) in [6.45, 7) is -1.75. The summed E-state index contributed by atoms with van der Waals surface area (Å²) in [7, 11) is 0. The zero-order valence-corrected chi connectivity index (χ0v) is 14.1. The van der Waals surface area contributed by atoms with Crippen LogP contribution in [0.25, 0.3) is 10.9 Å². The molecule has 0 atom stereocenters. The Hall–Kier alpha value is -3.10. The van der Waals surface area contributed by atoms with Crippen LogP contribution in [0.3, 0.4) is 0 Å². The minimum absolute atomic E-state index is 0.0674. The fourth-order valence-corrected chi connectivity index (χ4v) is 2.68. The van der Waals surface area contributed by atoms with Crippen LogP contribution >= 0.6 is 0 Å². The highest BCUT2D eigenvalue weighted by Crippen LogP contribution is 2.19. The number of rotatable bonds is 6. The molecule has 6 nitrogen and oxygen atoms in total. The number of aromatic nitrogens is 2. The Morgan fingerprint density at radius 1 is 1.19 bits per heavy atom. The second-order valence-electron chi connectivity index (χ2n) is 5.95. The van der Waals surface area contributed by atoms with Gasteiger partial charge in [-0.25, -0.2) is 4.98 Å². The molecule has 0 spiro atoms. The van der Waals surface area contributed by atoms with Crippen molar-refractivity contribution in [1.82, 2.24) is 14.5 Å². The second kappa shape index (κ2) is 7.65. The van der Waals surface area contributed by atoms with Gasteiger partial charge in [-0.15, -0.1) is 0 Å². The van der Waals surface area contributed by atoms with Gasteiger partial charge in [0.2, 0.25) is 5.91 Å². The van der Waals surface area contributed by atoms with Crippen molar-refractivity contribution >= 4 is 16.8 Å². The van der Waals surface area contributed by atoms with Crippen LogP contribution in [0.2, 0.25) is 0 Å². The van der Waals surface area contributed by atoms with Crippen LogP contribution in [-0.2, 0) is 17.9 Å². The Labute approximate surface area is 151 Å². The van der Waals surface area contributed by atoms with Crippen molar-refractivity contribution in [1.29, 1.82) is 0 Å². The van der Waals surface area contributed by atoms with Crippen molar-refractivity contribution < 1.29 is 22.4 Å². The number of furan rings is 1. The molecule has 1 aromatic carbocycles. The standard InChI is InChI=1S/C18H16F3N3O3/c19-18(20,21)11-24(10-13-4-3-9-27-13)16(25)7-8-23-12-22-15-6-2-1-5-14(15)17(23)26/h1-6,9,12H,7-8,10-11H2. The quantitative estimate of drug-likeness (QED) is 0.660. The largest absolute Gasteiger partial charge is 0.467 e. The zero-order valence-electron chi connectivity index (χ0n) is 14.1. The normalized spacial score (nSPS) is 11.7. The molecule has 0 radical (unpaired) electrons. The minimum atomic E-state index is -4.54. The fourth-order valence-electron chi connectivity index (χ4n) is 2.68. The molecule has 0 N–H and O–H groups in total. The van der Waals surface area contributed by atoms with Crippen LogP contribution in [-0.4, -0.2) is 33.1 Å². The van der Waals surface area contributed by atoms with Gasteiger partial charge in [-0.05, 0) is 24.3 Å². The molecule has 3 aromatic rings. The van der Waals surface area contributed by atoms with Crippen molar-refractivity contribution in [2.75, 3.05) is 6.54 Å². The first kappa shape index (κ1) is 18.7. The van der Waals surface area contributed by atoms with Crippen LogP contribution < -0.4 is 5.56 Å². The van der Waals surface area contributed by atoms with Crippen LogP contribution in [0, 0.1) is 0 Å². The summed E-state index contributed by atoms with van der Waals surface area (Å²) >= 11 is 0. The number of fused-ring (bicyclic) bond motifs is 1. The molecule has 142 valence electrons. The van der Waals surface area contributed by atoms with Gasteiger partial charge in [-0.2, -0.15) is 13.2 Å². The molecule has 9 heteroatoms. The SMILES string of the molecule is O=C(CCn1cnc2ccccc2c1=O)N(Cc1ccco1)CC(F)(F)F. The molecule has 0 aliphatic carbocycles. The summed E-state index contributed by atoms with van der Waals surface area (Å²) < 4.78 is 44.7. The van der Waals surface area contributed by atoms with Crippen molar-refractivity contribution in [2.45, 2.75) is 25.7 Å². The van der Waals surface area contributed by atoms with Gasteiger partial charge in [0.25, 0.3) is 5.56 Å². The Morgan fingerprint density at radius 2 is 1.96 bits per heavy atom. The maximum atomic E-state index is 12.8. The predicted octanol–water partition coefficient (Wildman–Crippen LogP) is 2.97. The topological polar surface area (TPSA) is 68.3 Å². The summed E-state index contributed by atoms with van der Waals surface area (Å²) in [5.74, 6) is -0.485. The zero-order chi connectivity index (χ0) is 19.4. The summed E-state index contributed by atoms with van der Waals surface area (Å²) in [5.41, 5.74) is 0.170. The lowest BCUT2D eigenvalue weighted by Crippen LogP contribution is -2.39. The van der Waals surface area contributed by atoms with E-state index in [1.165, 1.54) is 29.3 Å². The molecule has 0 aliphatic rings. The summed E-state index contributed by atoms with van der Waals surface area (Å²) in [5, 5.41) is 0.384. The summed E-state index contributed by atoms with van der Waals surface area (Å²) in [6, 6.07) is 9.75. The number of carbonyl (C=O) groups excluding carboxylic acids is 1. The number of carbonyl (C=O) groups is 1. The molecular weight excluding hydrogens is 363 g/mol. The minimum Gasteiger partial charge on any atom is -0.467 e. The Kier molecular flexibility index (Phi) is 5.29. The van der Waals surface area contributed by atoms with Crippen LogP contribution in [0.4, 0.5) is 13.2 Å². The fraction of sp³-hybridized carbons (Fsp3) is 0.278. The van der Waals surface area contributed by atoms with Gasteiger partial charge < -0.3 is 9.32 Å².